The van der Waals surface area contributed by atoms with Gasteiger partial charge in [-0.25, -0.2) is 9.36 Å². The molecule has 3 aromatic rings. The van der Waals surface area contributed by atoms with Gasteiger partial charge in [0.2, 0.25) is 5.88 Å². The molecule has 0 atom stereocenters. The van der Waals surface area contributed by atoms with Gasteiger partial charge in [-0.15, -0.1) is 0 Å². The van der Waals surface area contributed by atoms with Gasteiger partial charge >= 0.3 is 11.2 Å². The number of aromatic nitrogens is 3. The van der Waals surface area contributed by atoms with Crippen molar-refractivity contribution in [1.82, 2.24) is 14.1 Å². The fourth-order valence-corrected chi connectivity index (χ4v) is 3.45. The lowest BCUT2D eigenvalue weighted by Gasteiger charge is -2.11. The van der Waals surface area contributed by atoms with E-state index in [4.69, 9.17) is 0 Å². The Hall–Kier alpha value is -2.68. The van der Waals surface area contributed by atoms with Crippen molar-refractivity contribution in [2.45, 2.75) is 36.7 Å². The van der Waals surface area contributed by atoms with Crippen molar-refractivity contribution < 1.29 is 18.3 Å². The molecule has 0 spiro atoms. The predicted octanol–water partition coefficient (Wildman–Crippen LogP) is 4.52. The maximum atomic E-state index is 12.8. The number of aromatic hydroxyl groups is 1. The van der Waals surface area contributed by atoms with Crippen LogP contribution in [0.2, 0.25) is 0 Å². The normalized spacial score (nSPS) is 11.9. The first kappa shape index (κ1) is 20.1. The van der Waals surface area contributed by atoms with Gasteiger partial charge in [-0.05, 0) is 59.1 Å². The number of alkyl halides is 3. The number of nitrogens with zero attached hydrogens (tertiary/aromatic N) is 3. The Morgan fingerprint density at radius 1 is 1.18 bits per heavy atom. The third-order valence-electron chi connectivity index (χ3n) is 4.17. The molecule has 0 aliphatic rings. The summed E-state index contributed by atoms with van der Waals surface area (Å²) in [5, 5.41) is 10.2. The van der Waals surface area contributed by atoms with Gasteiger partial charge in [-0.3, -0.25) is 9.55 Å². The molecular weight excluding hydrogens is 391 g/mol. The van der Waals surface area contributed by atoms with Gasteiger partial charge in [0.05, 0.1) is 18.4 Å². The monoisotopic (exact) mass is 409 g/mol. The minimum atomic E-state index is -4.39. The molecule has 1 aromatic carbocycles. The summed E-state index contributed by atoms with van der Waals surface area (Å²) < 4.78 is 39.8. The van der Waals surface area contributed by atoms with E-state index in [9.17, 15) is 23.1 Å². The van der Waals surface area contributed by atoms with E-state index in [-0.39, 0.29) is 40.7 Å². The predicted molar refractivity (Wildman–Crippen MR) is 101 cm³/mol. The molecule has 5 nitrogen and oxygen atoms in total. The van der Waals surface area contributed by atoms with E-state index in [1.54, 1.807) is 12.4 Å². The number of rotatable bonds is 5. The number of benzene rings is 1. The summed E-state index contributed by atoms with van der Waals surface area (Å²) in [7, 11) is 0. The molecule has 2 aromatic heterocycles. The topological polar surface area (TPSA) is 60.0 Å². The summed E-state index contributed by atoms with van der Waals surface area (Å²) in [5.74, 6) is -0.0739. The Kier molecular flexibility index (Phi) is 5.55. The fourth-order valence-electron chi connectivity index (χ4n) is 2.91. The second-order valence-corrected chi connectivity index (χ2v) is 7.64. The van der Waals surface area contributed by atoms with Gasteiger partial charge in [0.25, 0.3) is 0 Å². The Labute approximate surface area is 163 Å². The minimum Gasteiger partial charge on any atom is -0.493 e. The number of hydrogen-bond acceptors (Lipinski definition) is 4. The summed E-state index contributed by atoms with van der Waals surface area (Å²) in [4.78, 5) is 16.9. The Balaban J connectivity index is 1.92. The zero-order valence-corrected chi connectivity index (χ0v) is 16.0. The highest BCUT2D eigenvalue weighted by Crippen LogP contribution is 2.37. The minimum absolute atomic E-state index is 0.00146. The first-order valence-corrected chi connectivity index (χ1v) is 9.27. The van der Waals surface area contributed by atoms with Crippen LogP contribution in [0.3, 0.4) is 0 Å². The van der Waals surface area contributed by atoms with Gasteiger partial charge in [-0.2, -0.15) is 13.2 Å². The van der Waals surface area contributed by atoms with Gasteiger partial charge in [0.1, 0.15) is 0 Å². The van der Waals surface area contributed by atoms with E-state index in [0.717, 1.165) is 15.7 Å². The van der Waals surface area contributed by atoms with E-state index in [2.05, 4.69) is 4.98 Å². The van der Waals surface area contributed by atoms with Gasteiger partial charge in [-0.1, -0.05) is 13.8 Å². The highest BCUT2D eigenvalue weighted by Gasteiger charge is 2.29. The second kappa shape index (κ2) is 7.75. The molecule has 0 radical (unpaired) electrons. The zero-order valence-electron chi connectivity index (χ0n) is 15.1. The van der Waals surface area contributed by atoms with Gasteiger partial charge < -0.3 is 5.11 Å². The van der Waals surface area contributed by atoms with Crippen molar-refractivity contribution >= 4 is 11.8 Å². The number of hydrogen-bond donors (Lipinski definition) is 1. The van der Waals surface area contributed by atoms with Crippen LogP contribution in [0, 0.1) is 0 Å². The van der Waals surface area contributed by atoms with Crippen molar-refractivity contribution in [1.29, 1.82) is 0 Å². The van der Waals surface area contributed by atoms with Crippen molar-refractivity contribution in [2.75, 3.05) is 0 Å². The Bertz CT molecular complexity index is 1020. The molecule has 3 rings (SSSR count). The number of halogens is 3. The van der Waals surface area contributed by atoms with Crippen LogP contribution in [0.5, 0.6) is 5.88 Å². The van der Waals surface area contributed by atoms with Crippen LogP contribution < -0.4 is 5.69 Å². The highest BCUT2D eigenvalue weighted by atomic mass is 32.2. The standard InChI is InChI=1S/C19H18F3N3O2S/c1-12(2)16-9-23-8-7-13(16)10-24-11-17(26)25(18(24)27)14-3-5-15(6-4-14)28-19(20,21)22/h3-9,11-12,26H,10H2,1-2H3. The lowest BCUT2D eigenvalue weighted by atomic mass is 10.00. The number of imidazole rings is 1. The van der Waals surface area contributed by atoms with Crippen molar-refractivity contribution in [3.63, 3.8) is 0 Å². The molecular formula is C19H18F3N3O2S. The van der Waals surface area contributed by atoms with Crippen LogP contribution in [-0.4, -0.2) is 24.7 Å². The lowest BCUT2D eigenvalue weighted by Crippen LogP contribution is -2.24. The lowest BCUT2D eigenvalue weighted by molar-refractivity contribution is -0.0328. The van der Waals surface area contributed by atoms with Crippen LogP contribution >= 0.6 is 11.8 Å². The van der Waals surface area contributed by atoms with E-state index >= 15 is 0 Å². The van der Waals surface area contributed by atoms with Crippen LogP contribution in [-0.2, 0) is 6.54 Å². The Morgan fingerprint density at radius 3 is 2.46 bits per heavy atom. The average molecular weight is 409 g/mol. The highest BCUT2D eigenvalue weighted by molar-refractivity contribution is 8.00. The molecule has 0 aliphatic carbocycles. The van der Waals surface area contributed by atoms with E-state index in [0.29, 0.717) is 0 Å². The summed E-state index contributed by atoms with van der Waals surface area (Å²) in [6, 6.07) is 7.07. The summed E-state index contributed by atoms with van der Waals surface area (Å²) in [6.45, 7) is 4.29. The molecule has 0 amide bonds. The van der Waals surface area contributed by atoms with Crippen molar-refractivity contribution in [2.24, 2.45) is 0 Å². The molecule has 0 saturated carbocycles. The van der Waals surface area contributed by atoms with Crippen molar-refractivity contribution in [3.05, 3.63) is 70.5 Å². The number of thioether (sulfide) groups is 1. The van der Waals surface area contributed by atoms with Gasteiger partial charge in [0, 0.05) is 17.3 Å². The Morgan fingerprint density at radius 2 is 1.86 bits per heavy atom. The molecule has 0 aliphatic heterocycles. The molecule has 0 unspecified atom stereocenters. The van der Waals surface area contributed by atoms with Crippen LogP contribution in [0.1, 0.15) is 30.9 Å². The molecule has 9 heteroatoms. The van der Waals surface area contributed by atoms with E-state index < -0.39 is 11.2 Å². The van der Waals surface area contributed by atoms with Crippen LogP contribution in [0.15, 0.2) is 58.6 Å². The van der Waals surface area contributed by atoms with Crippen LogP contribution in [0.25, 0.3) is 5.69 Å². The van der Waals surface area contributed by atoms with E-state index in [1.807, 2.05) is 19.9 Å². The molecule has 148 valence electrons. The quantitative estimate of drug-likeness (QED) is 0.630. The molecule has 0 bridgehead atoms. The molecule has 2 heterocycles. The average Bonchev–Trinajstić information content (AvgIpc) is 2.88. The number of pyridine rings is 1. The summed E-state index contributed by atoms with van der Waals surface area (Å²) in [6.07, 6.45) is 4.70. The maximum Gasteiger partial charge on any atom is 0.446 e. The third-order valence-corrected chi connectivity index (χ3v) is 4.91. The van der Waals surface area contributed by atoms with Crippen LogP contribution in [0.4, 0.5) is 13.2 Å². The first-order chi connectivity index (χ1) is 13.2. The second-order valence-electron chi connectivity index (χ2n) is 6.50. The molecule has 0 saturated heterocycles. The largest absolute Gasteiger partial charge is 0.493 e. The SMILES string of the molecule is CC(C)c1cnccc1Cn1cc(O)n(-c2ccc(SC(F)(F)F)cc2)c1=O. The third kappa shape index (κ3) is 4.41. The van der Waals surface area contributed by atoms with Gasteiger partial charge in [0.15, 0.2) is 0 Å². The molecule has 1 N–H and O–H groups in total. The summed E-state index contributed by atoms with van der Waals surface area (Å²) >= 11 is -0.237. The molecule has 28 heavy (non-hydrogen) atoms. The smallest absolute Gasteiger partial charge is 0.446 e. The molecule has 0 fully saturated rings. The maximum absolute atomic E-state index is 12.8. The fraction of sp³-hybridized carbons (Fsp3) is 0.263. The van der Waals surface area contributed by atoms with E-state index in [1.165, 1.54) is 35.0 Å². The van der Waals surface area contributed by atoms with Crippen molar-refractivity contribution in [3.8, 4) is 11.6 Å². The summed E-state index contributed by atoms with van der Waals surface area (Å²) in [5.41, 5.74) is -2.69. The first-order valence-electron chi connectivity index (χ1n) is 8.46. The zero-order chi connectivity index (χ0) is 20.5.